The van der Waals surface area contributed by atoms with Crippen molar-refractivity contribution in [2.45, 2.75) is 19.9 Å². The molecule has 0 heterocycles. The lowest BCUT2D eigenvalue weighted by atomic mass is 10.0. The summed E-state index contributed by atoms with van der Waals surface area (Å²) in [7, 11) is 0. The molecule has 2 rings (SSSR count). The van der Waals surface area contributed by atoms with Gasteiger partial charge in [-0.2, -0.15) is 0 Å². The third-order valence-electron chi connectivity index (χ3n) is 3.15. The highest BCUT2D eigenvalue weighted by Crippen LogP contribution is 2.29. The number of benzene rings is 2. The van der Waals surface area contributed by atoms with Gasteiger partial charge in [-0.15, -0.1) is 0 Å². The largest absolute Gasteiger partial charge is 0.310 e. The molecule has 100 valence electrons. The summed E-state index contributed by atoms with van der Waals surface area (Å²) >= 11 is 9.84. The van der Waals surface area contributed by atoms with Crippen LogP contribution in [0.3, 0.4) is 0 Å². The maximum absolute atomic E-state index is 6.39. The minimum absolute atomic E-state index is 0.275. The van der Waals surface area contributed by atoms with Crippen LogP contribution < -0.4 is 5.32 Å². The molecule has 0 saturated carbocycles. The minimum Gasteiger partial charge on any atom is -0.310 e. The Labute approximate surface area is 128 Å². The summed E-state index contributed by atoms with van der Waals surface area (Å²) in [6.07, 6.45) is 0. The van der Waals surface area contributed by atoms with E-state index in [-0.39, 0.29) is 6.04 Å². The van der Waals surface area contributed by atoms with Gasteiger partial charge in [0, 0.05) is 15.5 Å². The van der Waals surface area contributed by atoms with E-state index in [1.165, 1.54) is 5.56 Å². The van der Waals surface area contributed by atoms with Crippen LogP contribution in [-0.2, 0) is 0 Å². The van der Waals surface area contributed by atoms with E-state index in [0.29, 0.717) is 0 Å². The Morgan fingerprint density at radius 1 is 1.11 bits per heavy atom. The Morgan fingerprint density at radius 2 is 1.74 bits per heavy atom. The Balaban J connectivity index is 2.30. The fourth-order valence-corrected chi connectivity index (χ4v) is 2.72. The zero-order valence-electron chi connectivity index (χ0n) is 11.1. The van der Waals surface area contributed by atoms with Crippen LogP contribution in [0.1, 0.15) is 25.5 Å². The Bertz CT molecular complexity index is 551. The summed E-state index contributed by atoms with van der Waals surface area (Å²) in [5, 5.41) is 4.19. The van der Waals surface area contributed by atoms with Gasteiger partial charge >= 0.3 is 0 Å². The van der Waals surface area contributed by atoms with Gasteiger partial charge in [0.05, 0.1) is 0 Å². The second-order valence-corrected chi connectivity index (χ2v) is 5.85. The summed E-state index contributed by atoms with van der Waals surface area (Å²) in [6, 6.07) is 14.8. The predicted octanol–water partition coefficient (Wildman–Crippen LogP) is 5.44. The highest BCUT2D eigenvalue weighted by atomic mass is 79.9. The molecule has 1 unspecified atom stereocenters. The van der Waals surface area contributed by atoms with E-state index in [0.717, 1.165) is 27.2 Å². The molecule has 1 atom stereocenters. The van der Waals surface area contributed by atoms with Crippen molar-refractivity contribution < 1.29 is 0 Å². The van der Waals surface area contributed by atoms with E-state index >= 15 is 0 Å². The lowest BCUT2D eigenvalue weighted by Crippen LogP contribution is -2.17. The third-order valence-corrected chi connectivity index (χ3v) is 4.01. The molecule has 0 aromatic heterocycles. The summed E-state index contributed by atoms with van der Waals surface area (Å²) < 4.78 is 1.08. The molecule has 0 aliphatic carbocycles. The molecule has 0 aliphatic heterocycles. The van der Waals surface area contributed by atoms with Gasteiger partial charge < -0.3 is 5.32 Å². The summed E-state index contributed by atoms with van der Waals surface area (Å²) in [5.41, 5.74) is 3.46. The van der Waals surface area contributed by atoms with E-state index < -0.39 is 0 Å². The van der Waals surface area contributed by atoms with Gasteiger partial charge in [0.1, 0.15) is 0 Å². The van der Waals surface area contributed by atoms with Crippen LogP contribution in [-0.4, -0.2) is 6.54 Å². The molecule has 1 N–H and O–H groups in total. The normalized spacial score (nSPS) is 12.4. The molecule has 3 heteroatoms. The Kier molecular flexibility index (Phi) is 5.03. The summed E-state index contributed by atoms with van der Waals surface area (Å²) in [5.74, 6) is 0. The highest BCUT2D eigenvalue weighted by Gasteiger charge is 2.09. The van der Waals surface area contributed by atoms with Gasteiger partial charge in [0.2, 0.25) is 0 Å². The molecule has 0 saturated heterocycles. The van der Waals surface area contributed by atoms with Crippen molar-refractivity contribution >= 4 is 27.5 Å². The average molecular weight is 339 g/mol. The first-order valence-electron chi connectivity index (χ1n) is 6.40. The standard InChI is InChI=1S/C16H17BrClN/c1-3-19-11(2)15-9-6-13(10-16(15)18)12-4-7-14(17)8-5-12/h4-11,19H,3H2,1-2H3. The smallest absolute Gasteiger partial charge is 0.0459 e. The van der Waals surface area contributed by atoms with E-state index in [1.807, 2.05) is 18.2 Å². The van der Waals surface area contributed by atoms with Crippen LogP contribution in [0.5, 0.6) is 0 Å². The second kappa shape index (κ2) is 6.56. The molecule has 0 fully saturated rings. The molecule has 0 spiro atoms. The van der Waals surface area contributed by atoms with E-state index in [1.54, 1.807) is 0 Å². The monoisotopic (exact) mass is 337 g/mol. The zero-order chi connectivity index (χ0) is 13.8. The number of halogens is 2. The second-order valence-electron chi connectivity index (χ2n) is 4.52. The van der Waals surface area contributed by atoms with Crippen LogP contribution >= 0.6 is 27.5 Å². The maximum atomic E-state index is 6.39. The molecule has 1 nitrogen and oxygen atoms in total. The quantitative estimate of drug-likeness (QED) is 0.782. The van der Waals surface area contributed by atoms with Crippen molar-refractivity contribution in [2.24, 2.45) is 0 Å². The first-order valence-corrected chi connectivity index (χ1v) is 7.57. The van der Waals surface area contributed by atoms with E-state index in [2.05, 4.69) is 59.4 Å². The molecule has 0 amide bonds. The van der Waals surface area contributed by atoms with Gasteiger partial charge in [-0.1, -0.05) is 58.7 Å². The SMILES string of the molecule is CCNC(C)c1ccc(-c2ccc(Br)cc2)cc1Cl. The van der Waals surface area contributed by atoms with Gasteiger partial charge in [0.25, 0.3) is 0 Å². The van der Waals surface area contributed by atoms with Crippen molar-refractivity contribution in [3.8, 4) is 11.1 Å². The molecule has 0 bridgehead atoms. The molecule has 2 aromatic carbocycles. The summed E-state index contributed by atoms with van der Waals surface area (Å²) in [6.45, 7) is 5.16. The van der Waals surface area contributed by atoms with Crippen molar-refractivity contribution in [3.05, 3.63) is 57.5 Å². The lowest BCUT2D eigenvalue weighted by molar-refractivity contribution is 0.598. The van der Waals surface area contributed by atoms with E-state index in [4.69, 9.17) is 11.6 Å². The minimum atomic E-state index is 0.275. The maximum Gasteiger partial charge on any atom is 0.0459 e. The van der Waals surface area contributed by atoms with Crippen LogP contribution in [0.2, 0.25) is 5.02 Å². The van der Waals surface area contributed by atoms with Gasteiger partial charge in [-0.25, -0.2) is 0 Å². The van der Waals surface area contributed by atoms with Crippen molar-refractivity contribution in [1.82, 2.24) is 5.32 Å². The fraction of sp³-hybridized carbons (Fsp3) is 0.250. The topological polar surface area (TPSA) is 12.0 Å². The molecular weight excluding hydrogens is 322 g/mol. The van der Waals surface area contributed by atoms with Crippen LogP contribution in [0.15, 0.2) is 46.9 Å². The van der Waals surface area contributed by atoms with Crippen LogP contribution in [0, 0.1) is 0 Å². The van der Waals surface area contributed by atoms with E-state index in [9.17, 15) is 0 Å². The third kappa shape index (κ3) is 3.59. The highest BCUT2D eigenvalue weighted by molar-refractivity contribution is 9.10. The molecule has 2 aromatic rings. The number of hydrogen-bond donors (Lipinski definition) is 1. The average Bonchev–Trinajstić information content (AvgIpc) is 2.39. The Morgan fingerprint density at radius 3 is 2.32 bits per heavy atom. The Hall–Kier alpha value is -0.830. The zero-order valence-corrected chi connectivity index (χ0v) is 13.4. The van der Waals surface area contributed by atoms with Crippen molar-refractivity contribution in [3.63, 3.8) is 0 Å². The fourth-order valence-electron chi connectivity index (χ4n) is 2.12. The first-order chi connectivity index (χ1) is 9.11. The van der Waals surface area contributed by atoms with Gasteiger partial charge in [-0.05, 0) is 48.4 Å². The predicted molar refractivity (Wildman–Crippen MR) is 86.7 cm³/mol. The summed E-state index contributed by atoms with van der Waals surface area (Å²) in [4.78, 5) is 0. The number of hydrogen-bond acceptors (Lipinski definition) is 1. The van der Waals surface area contributed by atoms with Crippen molar-refractivity contribution in [1.29, 1.82) is 0 Å². The van der Waals surface area contributed by atoms with Gasteiger partial charge in [-0.3, -0.25) is 0 Å². The number of nitrogens with one attached hydrogen (secondary N) is 1. The molecule has 0 radical (unpaired) electrons. The molecular formula is C16H17BrClN. The van der Waals surface area contributed by atoms with Crippen LogP contribution in [0.25, 0.3) is 11.1 Å². The van der Waals surface area contributed by atoms with Gasteiger partial charge in [0.15, 0.2) is 0 Å². The van der Waals surface area contributed by atoms with Crippen molar-refractivity contribution in [2.75, 3.05) is 6.54 Å². The first kappa shape index (κ1) is 14.6. The molecule has 0 aliphatic rings. The molecule has 19 heavy (non-hydrogen) atoms. The number of rotatable bonds is 4. The van der Waals surface area contributed by atoms with Crippen LogP contribution in [0.4, 0.5) is 0 Å². The lowest BCUT2D eigenvalue weighted by Gasteiger charge is -2.15.